The van der Waals surface area contributed by atoms with E-state index in [0.29, 0.717) is 5.92 Å². The first-order valence-corrected chi connectivity index (χ1v) is 6.16. The molecule has 1 rings (SSSR count). The molecular weight excluding hydrogens is 256 g/mol. The molecule has 0 aliphatic rings. The molecule has 0 bridgehead atoms. The Morgan fingerprint density at radius 1 is 1.27 bits per heavy atom. The Labute approximate surface area is 99.7 Å². The molecule has 1 aromatic carbocycles. The maximum Gasteiger partial charge on any atom is 0.122 e. The molecule has 0 saturated heterocycles. The van der Waals surface area contributed by atoms with Crippen molar-refractivity contribution in [3.8, 4) is 11.5 Å². The summed E-state index contributed by atoms with van der Waals surface area (Å²) in [6, 6.07) is 5.93. The van der Waals surface area contributed by atoms with Gasteiger partial charge >= 0.3 is 0 Å². The summed E-state index contributed by atoms with van der Waals surface area (Å²) in [5, 5.41) is 0.938. The molecule has 0 fully saturated rings. The van der Waals surface area contributed by atoms with Crippen molar-refractivity contribution in [1.29, 1.82) is 0 Å². The van der Waals surface area contributed by atoms with Crippen molar-refractivity contribution in [3.05, 3.63) is 23.8 Å². The van der Waals surface area contributed by atoms with Crippen molar-refractivity contribution in [1.82, 2.24) is 0 Å². The summed E-state index contributed by atoms with van der Waals surface area (Å²) in [7, 11) is 3.38. The molecule has 0 spiro atoms. The van der Waals surface area contributed by atoms with Crippen LogP contribution in [0.15, 0.2) is 18.2 Å². The molecule has 0 aliphatic carbocycles. The van der Waals surface area contributed by atoms with E-state index in [-0.39, 0.29) is 0 Å². The molecule has 3 heteroatoms. The maximum atomic E-state index is 5.35. The van der Waals surface area contributed by atoms with Gasteiger partial charge in [-0.05, 0) is 30.5 Å². The largest absolute Gasteiger partial charge is 0.497 e. The van der Waals surface area contributed by atoms with Gasteiger partial charge in [-0.3, -0.25) is 0 Å². The lowest BCUT2D eigenvalue weighted by Gasteiger charge is -2.16. The van der Waals surface area contributed by atoms with Crippen molar-refractivity contribution < 1.29 is 9.47 Å². The predicted octanol–water partition coefficient (Wildman–Crippen LogP) is 3.59. The normalized spacial score (nSPS) is 12.3. The second-order valence-corrected chi connectivity index (χ2v) is 4.01. The second kappa shape index (κ2) is 6.01. The maximum absolute atomic E-state index is 5.35. The minimum Gasteiger partial charge on any atom is -0.497 e. The van der Waals surface area contributed by atoms with Crippen molar-refractivity contribution in [2.24, 2.45) is 0 Å². The lowest BCUT2D eigenvalue weighted by Crippen LogP contribution is -2.02. The van der Waals surface area contributed by atoms with Crippen LogP contribution in [-0.4, -0.2) is 19.5 Å². The van der Waals surface area contributed by atoms with E-state index in [1.807, 2.05) is 18.2 Å². The molecule has 0 aromatic heterocycles. The fourth-order valence-corrected chi connectivity index (χ4v) is 2.38. The highest BCUT2D eigenvalue weighted by Crippen LogP contribution is 2.33. The zero-order chi connectivity index (χ0) is 11.3. The van der Waals surface area contributed by atoms with Gasteiger partial charge in [-0.15, -0.1) is 0 Å². The van der Waals surface area contributed by atoms with Crippen LogP contribution in [0.5, 0.6) is 11.5 Å². The van der Waals surface area contributed by atoms with E-state index in [1.54, 1.807) is 14.2 Å². The molecule has 0 N–H and O–H groups in total. The number of hydrogen-bond acceptors (Lipinski definition) is 2. The summed E-state index contributed by atoms with van der Waals surface area (Å²) in [6.45, 7) is 2.17. The minimum absolute atomic E-state index is 0.468. The Bertz CT molecular complexity index is 308. The summed E-state index contributed by atoms with van der Waals surface area (Å²) >= 11 is 3.53. The van der Waals surface area contributed by atoms with E-state index >= 15 is 0 Å². The highest BCUT2D eigenvalue weighted by molar-refractivity contribution is 9.09. The molecule has 1 atom stereocenters. The number of ether oxygens (including phenoxy) is 2. The third-order valence-electron chi connectivity index (χ3n) is 2.56. The van der Waals surface area contributed by atoms with Gasteiger partial charge in [-0.1, -0.05) is 22.9 Å². The van der Waals surface area contributed by atoms with Gasteiger partial charge in [0, 0.05) is 10.9 Å². The van der Waals surface area contributed by atoms with Gasteiger partial charge < -0.3 is 9.47 Å². The lowest BCUT2D eigenvalue weighted by atomic mass is 9.97. The van der Waals surface area contributed by atoms with Gasteiger partial charge in [-0.25, -0.2) is 0 Å². The molecular formula is C12H17BrO2. The smallest absolute Gasteiger partial charge is 0.122 e. The molecule has 0 amide bonds. The van der Waals surface area contributed by atoms with Crippen LogP contribution in [0.1, 0.15) is 24.8 Å². The van der Waals surface area contributed by atoms with Crippen LogP contribution in [-0.2, 0) is 0 Å². The average Bonchev–Trinajstić information content (AvgIpc) is 2.30. The molecule has 15 heavy (non-hydrogen) atoms. The van der Waals surface area contributed by atoms with E-state index in [1.165, 1.54) is 5.56 Å². The third-order valence-corrected chi connectivity index (χ3v) is 3.34. The molecule has 1 aromatic rings. The van der Waals surface area contributed by atoms with E-state index < -0.39 is 0 Å². The van der Waals surface area contributed by atoms with Crippen LogP contribution in [0, 0.1) is 0 Å². The van der Waals surface area contributed by atoms with Crippen LogP contribution in [0.3, 0.4) is 0 Å². The number of benzene rings is 1. The van der Waals surface area contributed by atoms with Gasteiger partial charge in [-0.2, -0.15) is 0 Å². The molecule has 0 heterocycles. The Morgan fingerprint density at radius 3 is 2.47 bits per heavy atom. The zero-order valence-electron chi connectivity index (χ0n) is 9.42. The average molecular weight is 273 g/mol. The van der Waals surface area contributed by atoms with E-state index in [9.17, 15) is 0 Å². The zero-order valence-corrected chi connectivity index (χ0v) is 11.0. The summed E-state index contributed by atoms with van der Waals surface area (Å²) in [5.74, 6) is 2.28. The van der Waals surface area contributed by atoms with Gasteiger partial charge in [0.25, 0.3) is 0 Å². The Hall–Kier alpha value is -0.700. The third kappa shape index (κ3) is 2.88. The standard InChI is InChI=1S/C12H17BrO2/c1-4-9(8-13)11-7-10(14-2)5-6-12(11)15-3/h5-7,9H,4,8H2,1-3H3. The first-order valence-electron chi connectivity index (χ1n) is 5.04. The molecule has 84 valence electrons. The van der Waals surface area contributed by atoms with Crippen molar-refractivity contribution in [2.45, 2.75) is 19.3 Å². The van der Waals surface area contributed by atoms with Gasteiger partial charge in [0.05, 0.1) is 14.2 Å². The first-order chi connectivity index (χ1) is 7.26. The quantitative estimate of drug-likeness (QED) is 0.763. The minimum atomic E-state index is 0.468. The van der Waals surface area contributed by atoms with Crippen LogP contribution in [0.2, 0.25) is 0 Å². The number of alkyl halides is 1. The van der Waals surface area contributed by atoms with Gasteiger partial charge in [0.2, 0.25) is 0 Å². The Balaban J connectivity index is 3.09. The topological polar surface area (TPSA) is 18.5 Å². The lowest BCUT2D eigenvalue weighted by molar-refractivity contribution is 0.396. The van der Waals surface area contributed by atoms with Gasteiger partial charge in [0.1, 0.15) is 11.5 Å². The molecule has 0 saturated carbocycles. The van der Waals surface area contributed by atoms with E-state index in [4.69, 9.17) is 9.47 Å². The predicted molar refractivity (Wildman–Crippen MR) is 66.4 cm³/mol. The molecule has 0 radical (unpaired) electrons. The van der Waals surface area contributed by atoms with Crippen LogP contribution in [0.4, 0.5) is 0 Å². The number of hydrogen-bond donors (Lipinski definition) is 0. The summed E-state index contributed by atoms with van der Waals surface area (Å²) in [4.78, 5) is 0. The van der Waals surface area contributed by atoms with Crippen molar-refractivity contribution >= 4 is 15.9 Å². The molecule has 0 aliphatic heterocycles. The SMILES string of the molecule is CCC(CBr)c1cc(OC)ccc1OC. The monoisotopic (exact) mass is 272 g/mol. The first kappa shape index (κ1) is 12.4. The Kier molecular flexibility index (Phi) is 4.95. The summed E-state index contributed by atoms with van der Waals surface area (Å²) in [5.41, 5.74) is 1.20. The van der Waals surface area contributed by atoms with Crippen LogP contribution < -0.4 is 9.47 Å². The highest BCUT2D eigenvalue weighted by Gasteiger charge is 2.14. The number of rotatable bonds is 5. The number of methoxy groups -OCH3 is 2. The molecule has 1 unspecified atom stereocenters. The van der Waals surface area contributed by atoms with Crippen LogP contribution >= 0.6 is 15.9 Å². The fourth-order valence-electron chi connectivity index (χ4n) is 1.57. The summed E-state index contributed by atoms with van der Waals surface area (Å²) < 4.78 is 10.6. The van der Waals surface area contributed by atoms with Crippen LogP contribution in [0.25, 0.3) is 0 Å². The van der Waals surface area contributed by atoms with Crippen molar-refractivity contribution in [2.75, 3.05) is 19.5 Å². The Morgan fingerprint density at radius 2 is 2.00 bits per heavy atom. The number of halogens is 1. The van der Waals surface area contributed by atoms with E-state index in [2.05, 4.69) is 22.9 Å². The highest BCUT2D eigenvalue weighted by atomic mass is 79.9. The van der Waals surface area contributed by atoms with E-state index in [0.717, 1.165) is 23.2 Å². The second-order valence-electron chi connectivity index (χ2n) is 3.37. The van der Waals surface area contributed by atoms with Gasteiger partial charge in [0.15, 0.2) is 0 Å². The fraction of sp³-hybridized carbons (Fsp3) is 0.500. The van der Waals surface area contributed by atoms with Crippen molar-refractivity contribution in [3.63, 3.8) is 0 Å². The molecule has 2 nitrogen and oxygen atoms in total. The summed E-state index contributed by atoms with van der Waals surface area (Å²) in [6.07, 6.45) is 1.08.